The minimum atomic E-state index is -0.294. The molecular weight excluding hydrogens is 340 g/mol. The molecule has 0 atom stereocenters. The molecule has 1 aromatic carbocycles. The van der Waals surface area contributed by atoms with E-state index in [9.17, 15) is 9.59 Å². The second-order valence-corrected chi connectivity index (χ2v) is 6.89. The fourth-order valence-corrected chi connectivity index (χ4v) is 3.57. The quantitative estimate of drug-likeness (QED) is 0.714. The van der Waals surface area contributed by atoms with Crippen LogP contribution in [0, 0.1) is 0 Å². The molecule has 1 saturated heterocycles. The number of aromatic nitrogens is 2. The number of amides is 1. The van der Waals surface area contributed by atoms with Crippen molar-refractivity contribution in [2.75, 3.05) is 26.2 Å². The van der Waals surface area contributed by atoms with Gasteiger partial charge in [-0.05, 0) is 23.8 Å². The summed E-state index contributed by atoms with van der Waals surface area (Å²) in [6.07, 6.45) is 1.65. The summed E-state index contributed by atoms with van der Waals surface area (Å²) in [5.74, 6) is -0.194. The summed E-state index contributed by atoms with van der Waals surface area (Å²) in [7, 11) is 1.66. The second-order valence-electron chi connectivity index (χ2n) is 6.89. The average Bonchev–Trinajstić information content (AvgIpc) is 2.71. The number of hydrogen-bond donors (Lipinski definition) is 0. The number of carbonyl (C=O) groups is 1. The van der Waals surface area contributed by atoms with E-state index in [4.69, 9.17) is 0 Å². The number of piperazine rings is 1. The smallest absolute Gasteiger partial charge is 0.264 e. The van der Waals surface area contributed by atoms with Gasteiger partial charge in [-0.15, -0.1) is 0 Å². The Morgan fingerprint density at radius 1 is 1.04 bits per heavy atom. The summed E-state index contributed by atoms with van der Waals surface area (Å²) in [5, 5.41) is 0.797. The molecule has 1 amide bonds. The predicted molar refractivity (Wildman–Crippen MR) is 105 cm³/mol. The minimum absolute atomic E-state index is 0.194. The number of aryl methyl sites for hydroxylation is 1. The van der Waals surface area contributed by atoms with E-state index < -0.39 is 0 Å². The number of fused-ring (bicyclic) bond motifs is 1. The Hall–Kier alpha value is -2.99. The van der Waals surface area contributed by atoms with E-state index in [0.29, 0.717) is 18.7 Å². The average molecular weight is 362 g/mol. The monoisotopic (exact) mass is 362 g/mol. The van der Waals surface area contributed by atoms with Gasteiger partial charge in [0.2, 0.25) is 0 Å². The van der Waals surface area contributed by atoms with E-state index in [1.54, 1.807) is 24.2 Å². The van der Waals surface area contributed by atoms with Crippen molar-refractivity contribution in [1.29, 1.82) is 0 Å². The molecule has 138 valence electrons. The largest absolute Gasteiger partial charge is 0.336 e. The molecule has 0 radical (unpaired) electrons. The molecule has 6 nitrogen and oxygen atoms in total. The van der Waals surface area contributed by atoms with Crippen LogP contribution in [-0.2, 0) is 13.6 Å². The number of benzene rings is 1. The lowest BCUT2D eigenvalue weighted by atomic mass is 10.1. The number of rotatable bonds is 3. The van der Waals surface area contributed by atoms with Crippen molar-refractivity contribution in [3.05, 3.63) is 76.2 Å². The van der Waals surface area contributed by atoms with Gasteiger partial charge in [0.05, 0.1) is 0 Å². The summed E-state index contributed by atoms with van der Waals surface area (Å²) in [6.45, 7) is 3.73. The van der Waals surface area contributed by atoms with Crippen LogP contribution in [0.25, 0.3) is 11.0 Å². The maximum absolute atomic E-state index is 13.0. The van der Waals surface area contributed by atoms with Crippen molar-refractivity contribution in [2.45, 2.75) is 6.54 Å². The van der Waals surface area contributed by atoms with Gasteiger partial charge >= 0.3 is 0 Å². The van der Waals surface area contributed by atoms with Crippen LogP contribution in [0.3, 0.4) is 0 Å². The first-order valence-corrected chi connectivity index (χ1v) is 9.14. The Bertz CT molecular complexity index is 1020. The van der Waals surface area contributed by atoms with Crippen LogP contribution < -0.4 is 5.56 Å². The fourth-order valence-electron chi connectivity index (χ4n) is 3.57. The predicted octanol–water partition coefficient (Wildman–Crippen LogP) is 1.89. The van der Waals surface area contributed by atoms with Gasteiger partial charge in [0, 0.05) is 51.4 Å². The van der Waals surface area contributed by atoms with Gasteiger partial charge in [-0.25, -0.2) is 4.98 Å². The van der Waals surface area contributed by atoms with Gasteiger partial charge in [0.15, 0.2) is 0 Å². The third-order valence-electron chi connectivity index (χ3n) is 5.11. The third kappa shape index (κ3) is 3.48. The number of carbonyl (C=O) groups excluding carboxylic acids is 1. The number of hydrogen-bond acceptors (Lipinski definition) is 4. The van der Waals surface area contributed by atoms with Crippen LogP contribution in [0.1, 0.15) is 15.9 Å². The number of nitrogens with zero attached hydrogens (tertiary/aromatic N) is 4. The zero-order chi connectivity index (χ0) is 18.8. The van der Waals surface area contributed by atoms with Crippen LogP contribution in [0.4, 0.5) is 0 Å². The molecule has 0 saturated carbocycles. The number of pyridine rings is 2. The summed E-state index contributed by atoms with van der Waals surface area (Å²) in [4.78, 5) is 33.9. The SMILES string of the molecule is Cn1c(=O)c(C(=O)N2CCN(Cc3ccccc3)CC2)cc2cccnc21. The van der Waals surface area contributed by atoms with Crippen LogP contribution in [0.2, 0.25) is 0 Å². The highest BCUT2D eigenvalue weighted by atomic mass is 16.2. The zero-order valence-corrected chi connectivity index (χ0v) is 15.3. The molecule has 1 aliphatic rings. The first kappa shape index (κ1) is 17.4. The van der Waals surface area contributed by atoms with Crippen molar-refractivity contribution in [2.24, 2.45) is 7.05 Å². The van der Waals surface area contributed by atoms with E-state index in [0.717, 1.165) is 25.0 Å². The Balaban J connectivity index is 1.49. The molecule has 0 bridgehead atoms. The molecule has 6 heteroatoms. The van der Waals surface area contributed by atoms with Gasteiger partial charge in [-0.1, -0.05) is 30.3 Å². The Kier molecular flexibility index (Phi) is 4.73. The van der Waals surface area contributed by atoms with Gasteiger partial charge in [0.25, 0.3) is 11.5 Å². The maximum atomic E-state index is 13.0. The summed E-state index contributed by atoms with van der Waals surface area (Å²) >= 11 is 0. The molecule has 4 rings (SSSR count). The summed E-state index contributed by atoms with van der Waals surface area (Å²) in [5.41, 5.74) is 1.78. The Morgan fingerprint density at radius 2 is 1.78 bits per heavy atom. The highest BCUT2D eigenvalue weighted by molar-refractivity contribution is 5.97. The lowest BCUT2D eigenvalue weighted by Crippen LogP contribution is -2.49. The van der Waals surface area contributed by atoms with Crippen LogP contribution in [-0.4, -0.2) is 51.4 Å². The van der Waals surface area contributed by atoms with Gasteiger partial charge in [-0.2, -0.15) is 0 Å². The van der Waals surface area contributed by atoms with E-state index in [1.807, 2.05) is 30.3 Å². The molecule has 2 aromatic heterocycles. The van der Waals surface area contributed by atoms with E-state index in [1.165, 1.54) is 10.1 Å². The standard InChI is InChI=1S/C21H22N4O2/c1-23-19-17(8-5-9-22-19)14-18(20(23)26)21(27)25-12-10-24(11-13-25)15-16-6-3-2-4-7-16/h2-9,14H,10-13,15H2,1H3. The summed E-state index contributed by atoms with van der Waals surface area (Å²) < 4.78 is 1.45. The van der Waals surface area contributed by atoms with Gasteiger partial charge in [0.1, 0.15) is 11.2 Å². The molecule has 27 heavy (non-hydrogen) atoms. The second kappa shape index (κ2) is 7.32. The lowest BCUT2D eigenvalue weighted by molar-refractivity contribution is 0.0626. The van der Waals surface area contributed by atoms with Crippen molar-refractivity contribution in [3.63, 3.8) is 0 Å². The van der Waals surface area contributed by atoms with Gasteiger partial charge < -0.3 is 4.90 Å². The fraction of sp³-hybridized carbons (Fsp3) is 0.286. The molecule has 3 heterocycles. The molecule has 3 aromatic rings. The van der Waals surface area contributed by atoms with Crippen molar-refractivity contribution in [1.82, 2.24) is 19.4 Å². The van der Waals surface area contributed by atoms with Crippen molar-refractivity contribution in [3.8, 4) is 0 Å². The molecule has 0 unspecified atom stereocenters. The maximum Gasteiger partial charge on any atom is 0.264 e. The Morgan fingerprint density at radius 3 is 2.52 bits per heavy atom. The summed E-state index contributed by atoms with van der Waals surface area (Å²) in [6, 6.07) is 15.7. The molecule has 1 fully saturated rings. The van der Waals surface area contributed by atoms with Crippen LogP contribution in [0.5, 0.6) is 0 Å². The Labute approximate surface area is 157 Å². The first-order chi connectivity index (χ1) is 13.1. The molecule has 0 spiro atoms. The zero-order valence-electron chi connectivity index (χ0n) is 15.3. The third-order valence-corrected chi connectivity index (χ3v) is 5.11. The first-order valence-electron chi connectivity index (χ1n) is 9.14. The highest BCUT2D eigenvalue weighted by Crippen LogP contribution is 2.14. The minimum Gasteiger partial charge on any atom is -0.336 e. The van der Waals surface area contributed by atoms with Gasteiger partial charge in [-0.3, -0.25) is 19.1 Å². The van der Waals surface area contributed by atoms with E-state index in [2.05, 4.69) is 22.0 Å². The van der Waals surface area contributed by atoms with Crippen molar-refractivity contribution < 1.29 is 4.79 Å². The topological polar surface area (TPSA) is 58.4 Å². The lowest BCUT2D eigenvalue weighted by Gasteiger charge is -2.34. The van der Waals surface area contributed by atoms with Crippen molar-refractivity contribution >= 4 is 16.9 Å². The molecular formula is C21H22N4O2. The molecule has 1 aliphatic heterocycles. The van der Waals surface area contributed by atoms with E-state index >= 15 is 0 Å². The molecule has 0 N–H and O–H groups in total. The highest BCUT2D eigenvalue weighted by Gasteiger charge is 2.25. The normalized spacial score (nSPS) is 15.2. The van der Waals surface area contributed by atoms with Crippen LogP contribution in [0.15, 0.2) is 59.5 Å². The van der Waals surface area contributed by atoms with Crippen LogP contribution >= 0.6 is 0 Å². The van der Waals surface area contributed by atoms with E-state index in [-0.39, 0.29) is 17.0 Å². The molecule has 0 aliphatic carbocycles.